The van der Waals surface area contributed by atoms with Gasteiger partial charge in [-0.25, -0.2) is 4.79 Å². The SMILES string of the molecule is CC(C)(C)OC(=O)NC1CC[C@@H](Cc2cccc([B]OCN)n2)C1. The molecule has 1 amide bonds. The lowest BCUT2D eigenvalue weighted by Gasteiger charge is -2.21. The Bertz CT molecular complexity index is 548. The summed E-state index contributed by atoms with van der Waals surface area (Å²) in [4.78, 5) is 16.4. The summed E-state index contributed by atoms with van der Waals surface area (Å²) in [7, 11) is 1.57. The van der Waals surface area contributed by atoms with Crippen LogP contribution in [0.3, 0.4) is 0 Å². The first-order valence-electron chi connectivity index (χ1n) is 8.46. The number of alkyl carbamates (subject to hydrolysis) is 1. The average Bonchev–Trinajstić information content (AvgIpc) is 2.90. The van der Waals surface area contributed by atoms with E-state index in [1.54, 1.807) is 7.48 Å². The summed E-state index contributed by atoms with van der Waals surface area (Å²) < 4.78 is 10.4. The molecule has 6 nitrogen and oxygen atoms in total. The minimum absolute atomic E-state index is 0.145. The van der Waals surface area contributed by atoms with E-state index in [1.165, 1.54) is 0 Å². The van der Waals surface area contributed by atoms with Gasteiger partial charge in [-0.05, 0) is 64.5 Å². The fourth-order valence-electron chi connectivity index (χ4n) is 2.97. The summed E-state index contributed by atoms with van der Waals surface area (Å²) in [5, 5.41) is 2.97. The first-order chi connectivity index (χ1) is 11.4. The third-order valence-electron chi connectivity index (χ3n) is 3.89. The van der Waals surface area contributed by atoms with Crippen LogP contribution in [0.15, 0.2) is 18.2 Å². The Balaban J connectivity index is 1.80. The molecule has 131 valence electrons. The number of nitrogens with one attached hydrogen (secondary N) is 1. The lowest BCUT2D eigenvalue weighted by molar-refractivity contribution is 0.0504. The second-order valence-corrected chi connectivity index (χ2v) is 7.23. The van der Waals surface area contributed by atoms with Crippen LogP contribution in [0.4, 0.5) is 4.79 Å². The van der Waals surface area contributed by atoms with Crippen molar-refractivity contribution in [2.45, 2.75) is 58.1 Å². The van der Waals surface area contributed by atoms with Gasteiger partial charge >= 0.3 is 13.6 Å². The van der Waals surface area contributed by atoms with Crippen molar-refractivity contribution in [3.05, 3.63) is 23.9 Å². The second kappa shape index (κ2) is 8.49. The number of pyridine rings is 1. The number of amides is 1. The quantitative estimate of drug-likeness (QED) is 0.609. The van der Waals surface area contributed by atoms with Gasteiger partial charge in [-0.1, -0.05) is 6.07 Å². The number of carbonyl (C=O) groups is 1. The zero-order chi connectivity index (χ0) is 17.6. The predicted octanol–water partition coefficient (Wildman–Crippen LogP) is 1.49. The molecule has 1 aromatic heterocycles. The number of nitrogens with two attached hydrogens (primary N) is 1. The maximum atomic E-state index is 11.9. The van der Waals surface area contributed by atoms with E-state index < -0.39 is 5.60 Å². The van der Waals surface area contributed by atoms with Gasteiger partial charge in [-0.15, -0.1) is 0 Å². The molecule has 2 atom stereocenters. The molecule has 0 aromatic carbocycles. The Kier molecular flexibility index (Phi) is 6.63. The van der Waals surface area contributed by atoms with Crippen molar-refractivity contribution in [3.8, 4) is 0 Å². The molecule has 1 aliphatic rings. The van der Waals surface area contributed by atoms with Crippen molar-refractivity contribution in [2.75, 3.05) is 6.73 Å². The van der Waals surface area contributed by atoms with Crippen LogP contribution in [0, 0.1) is 5.92 Å². The molecule has 0 bridgehead atoms. The molecule has 1 aromatic rings. The maximum Gasteiger partial charge on any atom is 0.407 e. The summed E-state index contributed by atoms with van der Waals surface area (Å²) in [6, 6.07) is 6.06. The Hall–Kier alpha value is -1.60. The summed E-state index contributed by atoms with van der Waals surface area (Å²) in [6.45, 7) is 5.75. The molecule has 1 heterocycles. The van der Waals surface area contributed by atoms with E-state index in [4.69, 9.17) is 15.1 Å². The second-order valence-electron chi connectivity index (χ2n) is 7.23. The fourth-order valence-corrected chi connectivity index (χ4v) is 2.97. The molecule has 1 unspecified atom stereocenters. The van der Waals surface area contributed by atoms with E-state index >= 15 is 0 Å². The van der Waals surface area contributed by atoms with Crippen LogP contribution < -0.4 is 16.6 Å². The molecule has 0 saturated heterocycles. The summed E-state index contributed by atoms with van der Waals surface area (Å²) >= 11 is 0. The van der Waals surface area contributed by atoms with E-state index in [-0.39, 0.29) is 18.9 Å². The van der Waals surface area contributed by atoms with Gasteiger partial charge in [0, 0.05) is 17.3 Å². The number of ether oxygens (including phenoxy) is 1. The number of nitrogens with zero attached hydrogens (tertiary/aromatic N) is 1. The number of rotatable bonds is 6. The minimum atomic E-state index is -0.464. The molecular formula is C17H27BN3O3. The van der Waals surface area contributed by atoms with E-state index in [9.17, 15) is 4.79 Å². The fraction of sp³-hybridized carbons (Fsp3) is 0.647. The van der Waals surface area contributed by atoms with Gasteiger partial charge in [0.25, 0.3) is 0 Å². The molecule has 1 saturated carbocycles. The van der Waals surface area contributed by atoms with E-state index in [2.05, 4.69) is 10.3 Å². The van der Waals surface area contributed by atoms with E-state index in [0.717, 1.165) is 37.0 Å². The number of aromatic nitrogens is 1. The third-order valence-corrected chi connectivity index (χ3v) is 3.89. The Morgan fingerprint density at radius 1 is 1.42 bits per heavy atom. The topological polar surface area (TPSA) is 86.5 Å². The van der Waals surface area contributed by atoms with Crippen LogP contribution in [-0.4, -0.2) is 36.9 Å². The van der Waals surface area contributed by atoms with Crippen LogP contribution >= 0.6 is 0 Å². The van der Waals surface area contributed by atoms with Crippen LogP contribution in [0.1, 0.15) is 45.7 Å². The summed E-state index contributed by atoms with van der Waals surface area (Å²) in [5.41, 5.74) is 6.66. The largest absolute Gasteiger partial charge is 0.444 e. The monoisotopic (exact) mass is 332 g/mol. The van der Waals surface area contributed by atoms with Crippen molar-refractivity contribution in [2.24, 2.45) is 11.7 Å². The van der Waals surface area contributed by atoms with Crippen LogP contribution in [0.25, 0.3) is 0 Å². The standard InChI is InChI=1S/C17H27BN3O3/c1-17(2,3)24-16(22)21-14-8-7-12(10-14)9-13-5-4-6-15(20-13)18-23-11-19/h4-6,12,14H,7-11,19H2,1-3H3,(H,21,22)/t12-,14?/m0/s1. The van der Waals surface area contributed by atoms with Crippen molar-refractivity contribution >= 4 is 19.2 Å². The number of carbonyl (C=O) groups excluding carboxylic acids is 1. The lowest BCUT2D eigenvalue weighted by atomic mass is 9.93. The smallest absolute Gasteiger partial charge is 0.407 e. The third kappa shape index (κ3) is 6.49. The molecule has 1 radical (unpaired) electrons. The van der Waals surface area contributed by atoms with Gasteiger partial charge in [0.15, 0.2) is 0 Å². The molecule has 7 heteroatoms. The van der Waals surface area contributed by atoms with Crippen molar-refractivity contribution in [3.63, 3.8) is 0 Å². The number of hydrogen-bond acceptors (Lipinski definition) is 5. The highest BCUT2D eigenvalue weighted by molar-refractivity contribution is 6.45. The van der Waals surface area contributed by atoms with E-state index in [0.29, 0.717) is 5.92 Å². The van der Waals surface area contributed by atoms with Gasteiger partial charge in [0.1, 0.15) is 5.60 Å². The molecule has 0 spiro atoms. The van der Waals surface area contributed by atoms with E-state index in [1.807, 2.05) is 39.0 Å². The zero-order valence-electron chi connectivity index (χ0n) is 14.7. The van der Waals surface area contributed by atoms with Gasteiger partial charge in [-0.2, -0.15) is 0 Å². The van der Waals surface area contributed by atoms with Crippen molar-refractivity contribution < 1.29 is 14.2 Å². The molecule has 0 aliphatic heterocycles. The highest BCUT2D eigenvalue weighted by atomic mass is 16.6. The van der Waals surface area contributed by atoms with Crippen molar-refractivity contribution in [1.29, 1.82) is 0 Å². The first kappa shape index (κ1) is 18.7. The minimum Gasteiger partial charge on any atom is -0.444 e. The van der Waals surface area contributed by atoms with Crippen LogP contribution in [0.2, 0.25) is 0 Å². The Morgan fingerprint density at radius 3 is 2.92 bits per heavy atom. The van der Waals surface area contributed by atoms with Gasteiger partial charge < -0.3 is 20.4 Å². The zero-order valence-corrected chi connectivity index (χ0v) is 14.7. The molecule has 3 N–H and O–H groups in total. The molecular weight excluding hydrogens is 305 g/mol. The lowest BCUT2D eigenvalue weighted by Crippen LogP contribution is -2.38. The molecule has 24 heavy (non-hydrogen) atoms. The van der Waals surface area contributed by atoms with Gasteiger partial charge in [0.05, 0.1) is 6.73 Å². The first-order valence-corrected chi connectivity index (χ1v) is 8.46. The summed E-state index contributed by atoms with van der Waals surface area (Å²) in [6.07, 6.45) is 3.58. The normalized spacial score (nSPS) is 20.7. The van der Waals surface area contributed by atoms with Gasteiger partial charge in [0.2, 0.25) is 0 Å². The molecule has 2 rings (SSSR count). The average molecular weight is 332 g/mol. The van der Waals surface area contributed by atoms with Crippen LogP contribution in [-0.2, 0) is 15.8 Å². The number of hydrogen-bond donors (Lipinski definition) is 2. The molecule has 1 aliphatic carbocycles. The van der Waals surface area contributed by atoms with Crippen molar-refractivity contribution in [1.82, 2.24) is 10.3 Å². The maximum absolute atomic E-state index is 11.9. The summed E-state index contributed by atoms with van der Waals surface area (Å²) in [5.74, 6) is 0.517. The van der Waals surface area contributed by atoms with Crippen LogP contribution in [0.5, 0.6) is 0 Å². The Morgan fingerprint density at radius 2 is 2.21 bits per heavy atom. The highest BCUT2D eigenvalue weighted by Crippen LogP contribution is 2.28. The Labute approximate surface area is 144 Å². The predicted molar refractivity (Wildman–Crippen MR) is 94.0 cm³/mol. The molecule has 1 fully saturated rings. The van der Waals surface area contributed by atoms with Gasteiger partial charge in [-0.3, -0.25) is 4.98 Å². The highest BCUT2D eigenvalue weighted by Gasteiger charge is 2.28.